The van der Waals surface area contributed by atoms with Crippen molar-refractivity contribution < 1.29 is 14.7 Å². The molecule has 2 heterocycles. The van der Waals surface area contributed by atoms with Crippen molar-refractivity contribution in [1.82, 2.24) is 9.88 Å². The van der Waals surface area contributed by atoms with Crippen LogP contribution in [0.1, 0.15) is 25.0 Å². The Hall–Kier alpha value is -2.11. The molecule has 6 nitrogen and oxygen atoms in total. The van der Waals surface area contributed by atoms with Crippen LogP contribution in [-0.2, 0) is 22.6 Å². The molecule has 2 atom stereocenters. The number of nitrogens with one attached hydrogen (secondary N) is 1. The number of hydrogen-bond acceptors (Lipinski definition) is 3. The first-order chi connectivity index (χ1) is 9.84. The van der Waals surface area contributed by atoms with Gasteiger partial charge < -0.3 is 15.0 Å². The number of aliphatic carboxylic acids is 1. The van der Waals surface area contributed by atoms with Crippen LogP contribution in [0.25, 0.3) is 0 Å². The standard InChI is InChI=1S/C15H18N2O4/c1-15(2)10(11(15)14(20)21)13(19)17-6-4-8-3-5-16-12(18)9(8)7-17/h3,5,10-11H,4,6-7H2,1-2H3,(H,16,18)(H,20,21)/t10-,11+/m1/s1. The predicted octanol–water partition coefficient (Wildman–Crippen LogP) is 0.616. The minimum atomic E-state index is -0.923. The molecule has 3 rings (SSSR count). The number of carboxylic acid groups (broad SMARTS) is 1. The predicted molar refractivity (Wildman–Crippen MR) is 74.6 cm³/mol. The topological polar surface area (TPSA) is 90.5 Å². The molecule has 0 radical (unpaired) electrons. The largest absolute Gasteiger partial charge is 0.481 e. The van der Waals surface area contributed by atoms with E-state index < -0.39 is 23.2 Å². The third-order valence-electron chi connectivity index (χ3n) is 4.83. The van der Waals surface area contributed by atoms with Gasteiger partial charge in [0, 0.05) is 18.3 Å². The Balaban J connectivity index is 1.81. The van der Waals surface area contributed by atoms with Crippen molar-refractivity contribution in [3.8, 4) is 0 Å². The van der Waals surface area contributed by atoms with E-state index in [1.165, 1.54) is 0 Å². The van der Waals surface area contributed by atoms with E-state index in [4.69, 9.17) is 0 Å². The summed E-state index contributed by atoms with van der Waals surface area (Å²) in [6.07, 6.45) is 2.25. The van der Waals surface area contributed by atoms with E-state index in [9.17, 15) is 19.5 Å². The molecule has 0 saturated heterocycles. The summed E-state index contributed by atoms with van der Waals surface area (Å²) in [5.41, 5.74) is 0.900. The Kier molecular flexibility index (Phi) is 2.93. The van der Waals surface area contributed by atoms with Gasteiger partial charge in [-0.25, -0.2) is 0 Å². The molecule has 0 unspecified atom stereocenters. The van der Waals surface area contributed by atoms with Gasteiger partial charge in [-0.2, -0.15) is 0 Å². The van der Waals surface area contributed by atoms with Gasteiger partial charge in [0.05, 0.1) is 18.4 Å². The van der Waals surface area contributed by atoms with Crippen LogP contribution >= 0.6 is 0 Å². The van der Waals surface area contributed by atoms with Crippen molar-refractivity contribution in [1.29, 1.82) is 0 Å². The minimum absolute atomic E-state index is 0.152. The van der Waals surface area contributed by atoms with Crippen LogP contribution < -0.4 is 5.56 Å². The summed E-state index contributed by atoms with van der Waals surface area (Å²) < 4.78 is 0. The van der Waals surface area contributed by atoms with Crippen molar-refractivity contribution in [3.05, 3.63) is 33.7 Å². The molecule has 1 aromatic heterocycles. The maximum atomic E-state index is 12.6. The lowest BCUT2D eigenvalue weighted by Gasteiger charge is -2.28. The van der Waals surface area contributed by atoms with Crippen LogP contribution in [0.5, 0.6) is 0 Å². The highest BCUT2D eigenvalue weighted by Crippen LogP contribution is 2.59. The second kappa shape index (κ2) is 4.44. The number of nitrogens with zero attached hydrogens (tertiary/aromatic N) is 1. The van der Waals surface area contributed by atoms with Crippen LogP contribution in [0.2, 0.25) is 0 Å². The Morgan fingerprint density at radius 2 is 2.10 bits per heavy atom. The number of carbonyl (C=O) groups excluding carboxylic acids is 1. The average Bonchev–Trinajstić information content (AvgIpc) is 3.01. The number of fused-ring (bicyclic) bond motifs is 1. The molecule has 1 saturated carbocycles. The molecule has 1 aliphatic carbocycles. The Morgan fingerprint density at radius 3 is 2.71 bits per heavy atom. The van der Waals surface area contributed by atoms with Gasteiger partial charge in [-0.3, -0.25) is 14.4 Å². The maximum absolute atomic E-state index is 12.6. The Labute approximate surface area is 121 Å². The second-order valence-electron chi connectivity index (χ2n) is 6.44. The summed E-state index contributed by atoms with van der Waals surface area (Å²) in [7, 11) is 0. The monoisotopic (exact) mass is 290 g/mol. The highest BCUT2D eigenvalue weighted by molar-refractivity contribution is 5.91. The average molecular weight is 290 g/mol. The number of hydrogen-bond donors (Lipinski definition) is 2. The molecule has 0 bridgehead atoms. The molecule has 1 amide bonds. The zero-order chi connectivity index (χ0) is 15.4. The number of amides is 1. The van der Waals surface area contributed by atoms with Gasteiger partial charge in [0.2, 0.25) is 5.91 Å². The summed E-state index contributed by atoms with van der Waals surface area (Å²) >= 11 is 0. The number of carbonyl (C=O) groups is 2. The van der Waals surface area contributed by atoms with Crippen LogP contribution in [0.15, 0.2) is 17.1 Å². The maximum Gasteiger partial charge on any atom is 0.307 e. The van der Waals surface area contributed by atoms with Crippen molar-refractivity contribution >= 4 is 11.9 Å². The summed E-state index contributed by atoms with van der Waals surface area (Å²) in [4.78, 5) is 39.8. The van der Waals surface area contributed by atoms with E-state index in [2.05, 4.69) is 4.98 Å². The Morgan fingerprint density at radius 1 is 1.38 bits per heavy atom. The number of rotatable bonds is 2. The summed E-state index contributed by atoms with van der Waals surface area (Å²) in [5.74, 6) is -2.19. The van der Waals surface area contributed by atoms with Crippen LogP contribution in [-0.4, -0.2) is 33.4 Å². The van der Waals surface area contributed by atoms with Gasteiger partial charge >= 0.3 is 5.97 Å². The molecule has 2 N–H and O–H groups in total. The molecule has 0 aromatic carbocycles. The van der Waals surface area contributed by atoms with Crippen molar-refractivity contribution in [2.45, 2.75) is 26.8 Å². The lowest BCUT2D eigenvalue weighted by molar-refractivity contribution is -0.142. The third kappa shape index (κ3) is 2.05. The fraction of sp³-hybridized carbons (Fsp3) is 0.533. The van der Waals surface area contributed by atoms with E-state index in [-0.39, 0.29) is 18.0 Å². The normalized spacial score (nSPS) is 26.1. The van der Waals surface area contributed by atoms with E-state index in [1.807, 2.05) is 6.07 Å². The van der Waals surface area contributed by atoms with Gasteiger partial charge in [0.15, 0.2) is 0 Å². The molecule has 21 heavy (non-hydrogen) atoms. The highest BCUT2D eigenvalue weighted by Gasteiger charge is 2.66. The van der Waals surface area contributed by atoms with E-state index >= 15 is 0 Å². The number of pyridine rings is 1. The van der Waals surface area contributed by atoms with Crippen LogP contribution in [0, 0.1) is 17.3 Å². The first-order valence-corrected chi connectivity index (χ1v) is 7.05. The molecule has 1 aliphatic heterocycles. The van der Waals surface area contributed by atoms with Crippen molar-refractivity contribution in [2.75, 3.05) is 6.54 Å². The second-order valence-corrected chi connectivity index (χ2v) is 6.44. The van der Waals surface area contributed by atoms with Gasteiger partial charge in [-0.05, 0) is 23.5 Å². The number of carboxylic acids is 1. The number of aromatic nitrogens is 1. The molecular formula is C15H18N2O4. The third-order valence-corrected chi connectivity index (χ3v) is 4.83. The highest BCUT2D eigenvalue weighted by atomic mass is 16.4. The first kappa shape index (κ1) is 13.9. The molecule has 0 spiro atoms. The zero-order valence-electron chi connectivity index (χ0n) is 12.0. The molecule has 112 valence electrons. The smallest absolute Gasteiger partial charge is 0.307 e. The van der Waals surface area contributed by atoms with Crippen LogP contribution in [0.3, 0.4) is 0 Å². The summed E-state index contributed by atoms with van der Waals surface area (Å²) in [6, 6.07) is 1.86. The number of H-pyrrole nitrogens is 1. The lowest BCUT2D eigenvalue weighted by atomic mass is 10.0. The quantitative estimate of drug-likeness (QED) is 0.835. The zero-order valence-corrected chi connectivity index (χ0v) is 12.0. The molecule has 2 aliphatic rings. The van der Waals surface area contributed by atoms with Crippen molar-refractivity contribution in [2.24, 2.45) is 17.3 Å². The van der Waals surface area contributed by atoms with Gasteiger partial charge in [0.1, 0.15) is 0 Å². The SMILES string of the molecule is CC1(C)[C@H](C(=O)O)[C@@H]1C(=O)N1CCc2cc[nH]c(=O)c2C1. The molecular weight excluding hydrogens is 272 g/mol. The first-order valence-electron chi connectivity index (χ1n) is 7.05. The van der Waals surface area contributed by atoms with Gasteiger partial charge in [-0.15, -0.1) is 0 Å². The van der Waals surface area contributed by atoms with Crippen molar-refractivity contribution in [3.63, 3.8) is 0 Å². The number of aromatic amines is 1. The fourth-order valence-electron chi connectivity index (χ4n) is 3.43. The van der Waals surface area contributed by atoms with Gasteiger partial charge in [0.25, 0.3) is 5.56 Å². The Bertz CT molecular complexity index is 676. The fourth-order valence-corrected chi connectivity index (χ4v) is 3.43. The van der Waals surface area contributed by atoms with Gasteiger partial charge in [-0.1, -0.05) is 13.8 Å². The van der Waals surface area contributed by atoms with E-state index in [0.717, 1.165) is 5.56 Å². The van der Waals surface area contributed by atoms with E-state index in [0.29, 0.717) is 18.5 Å². The van der Waals surface area contributed by atoms with E-state index in [1.54, 1.807) is 24.9 Å². The molecule has 1 fully saturated rings. The van der Waals surface area contributed by atoms with Crippen LogP contribution in [0.4, 0.5) is 0 Å². The summed E-state index contributed by atoms with van der Waals surface area (Å²) in [6.45, 7) is 4.41. The summed E-state index contributed by atoms with van der Waals surface area (Å²) in [5, 5.41) is 9.18. The molecule has 6 heteroatoms. The molecule has 1 aromatic rings. The minimum Gasteiger partial charge on any atom is -0.481 e. The lowest BCUT2D eigenvalue weighted by Crippen LogP contribution is -2.40.